The molecule has 1 heterocycles. The number of carboxylic acids is 1. The van der Waals surface area contributed by atoms with Crippen LogP contribution in [0, 0.1) is 5.92 Å². The van der Waals surface area contributed by atoms with Crippen LogP contribution in [0.4, 0.5) is 0 Å². The monoisotopic (exact) mass is 392 g/mol. The first-order valence-corrected chi connectivity index (χ1v) is 11.0. The Morgan fingerprint density at radius 1 is 1.03 bits per heavy atom. The molecule has 1 aliphatic carbocycles. The van der Waals surface area contributed by atoms with Crippen molar-refractivity contribution in [2.45, 2.75) is 44.1 Å². The predicted octanol–water partition coefficient (Wildman–Crippen LogP) is 4.18. The fourth-order valence-electron chi connectivity index (χ4n) is 4.54. The van der Waals surface area contributed by atoms with Gasteiger partial charge in [0.05, 0.1) is 5.56 Å². The molecule has 0 radical (unpaired) electrons. The molecule has 2 aromatic rings. The summed E-state index contributed by atoms with van der Waals surface area (Å²) in [5, 5.41) is 12.8. The Morgan fingerprint density at radius 2 is 1.76 bits per heavy atom. The first kappa shape index (κ1) is 20.1. The third-order valence-electron chi connectivity index (χ3n) is 6.53. The molecule has 4 rings (SSSR count). The molecular weight excluding hydrogens is 360 g/mol. The van der Waals surface area contributed by atoms with Gasteiger partial charge >= 0.3 is 5.97 Å². The smallest absolute Gasteiger partial charge is 0.335 e. The second-order valence-electron chi connectivity index (χ2n) is 8.66. The Kier molecular flexibility index (Phi) is 6.63. The van der Waals surface area contributed by atoms with Gasteiger partial charge in [0.2, 0.25) is 0 Å². The maximum absolute atomic E-state index is 10.9. The molecule has 4 nitrogen and oxygen atoms in total. The highest BCUT2D eigenvalue weighted by atomic mass is 16.4. The van der Waals surface area contributed by atoms with E-state index in [0.717, 1.165) is 37.8 Å². The lowest BCUT2D eigenvalue weighted by molar-refractivity contribution is 0.0697. The van der Waals surface area contributed by atoms with E-state index in [1.165, 1.54) is 43.5 Å². The number of benzene rings is 2. The van der Waals surface area contributed by atoms with E-state index >= 15 is 0 Å². The summed E-state index contributed by atoms with van der Waals surface area (Å²) in [6, 6.07) is 18.9. The molecule has 2 atom stereocenters. The second kappa shape index (κ2) is 9.55. The van der Waals surface area contributed by atoms with Crippen molar-refractivity contribution in [2.24, 2.45) is 5.92 Å². The Balaban J connectivity index is 1.09. The maximum Gasteiger partial charge on any atom is 0.335 e. The Labute approximate surface area is 173 Å². The molecule has 2 aliphatic rings. The van der Waals surface area contributed by atoms with Gasteiger partial charge in [0.25, 0.3) is 0 Å². The average molecular weight is 393 g/mol. The van der Waals surface area contributed by atoms with Crippen LogP contribution in [0.5, 0.6) is 0 Å². The summed E-state index contributed by atoms with van der Waals surface area (Å²) >= 11 is 0. The van der Waals surface area contributed by atoms with Crippen LogP contribution in [0.1, 0.15) is 53.1 Å². The lowest BCUT2D eigenvalue weighted by atomic mass is 9.96. The quantitative estimate of drug-likeness (QED) is 0.672. The average Bonchev–Trinajstić information content (AvgIpc) is 3.54. The van der Waals surface area contributed by atoms with Crippen LogP contribution in [-0.4, -0.2) is 48.2 Å². The van der Waals surface area contributed by atoms with Crippen molar-refractivity contribution in [3.63, 3.8) is 0 Å². The molecule has 154 valence electrons. The third kappa shape index (κ3) is 5.68. The van der Waals surface area contributed by atoms with Gasteiger partial charge in [-0.1, -0.05) is 42.5 Å². The van der Waals surface area contributed by atoms with Gasteiger partial charge in [-0.15, -0.1) is 0 Å². The van der Waals surface area contributed by atoms with E-state index < -0.39 is 5.97 Å². The van der Waals surface area contributed by atoms with E-state index in [9.17, 15) is 4.79 Å². The molecule has 29 heavy (non-hydrogen) atoms. The number of hydrogen-bond donors (Lipinski definition) is 2. The molecule has 2 fully saturated rings. The van der Waals surface area contributed by atoms with Crippen molar-refractivity contribution in [1.29, 1.82) is 0 Å². The fraction of sp³-hybridized carbons (Fsp3) is 0.480. The number of aromatic carboxylic acids is 1. The highest BCUT2D eigenvalue weighted by molar-refractivity contribution is 5.87. The summed E-state index contributed by atoms with van der Waals surface area (Å²) < 4.78 is 0. The van der Waals surface area contributed by atoms with Crippen LogP contribution in [0.2, 0.25) is 0 Å². The molecule has 2 aromatic carbocycles. The number of nitrogens with zero attached hydrogens (tertiary/aromatic N) is 1. The largest absolute Gasteiger partial charge is 0.478 e. The number of hydrogen-bond acceptors (Lipinski definition) is 3. The van der Waals surface area contributed by atoms with Gasteiger partial charge in [0.15, 0.2) is 0 Å². The highest BCUT2D eigenvalue weighted by Crippen LogP contribution is 2.40. The van der Waals surface area contributed by atoms with E-state index in [2.05, 4.69) is 40.5 Å². The molecule has 1 saturated heterocycles. The van der Waals surface area contributed by atoms with Crippen LogP contribution in [-0.2, 0) is 6.42 Å². The van der Waals surface area contributed by atoms with Gasteiger partial charge in [-0.05, 0) is 87.5 Å². The van der Waals surface area contributed by atoms with Crippen molar-refractivity contribution < 1.29 is 9.90 Å². The predicted molar refractivity (Wildman–Crippen MR) is 116 cm³/mol. The molecule has 2 N–H and O–H groups in total. The highest BCUT2D eigenvalue weighted by Gasteiger charge is 2.38. The number of piperidine rings is 1. The van der Waals surface area contributed by atoms with E-state index in [1.807, 2.05) is 12.1 Å². The lowest BCUT2D eigenvalue weighted by Gasteiger charge is -2.32. The Hall–Kier alpha value is -2.17. The Bertz CT molecular complexity index is 782. The SMILES string of the molecule is O=C(O)c1ccc(CCCN2CCC(CNC3C[C@@H]3c3ccccc3)CC2)cc1. The van der Waals surface area contributed by atoms with Crippen LogP contribution >= 0.6 is 0 Å². The van der Waals surface area contributed by atoms with Gasteiger partial charge < -0.3 is 15.3 Å². The van der Waals surface area contributed by atoms with Crippen molar-refractivity contribution in [2.75, 3.05) is 26.2 Å². The number of aryl methyl sites for hydroxylation is 1. The summed E-state index contributed by atoms with van der Waals surface area (Å²) in [7, 11) is 0. The third-order valence-corrected chi connectivity index (χ3v) is 6.53. The van der Waals surface area contributed by atoms with Crippen molar-refractivity contribution >= 4 is 5.97 Å². The summed E-state index contributed by atoms with van der Waals surface area (Å²) in [5.74, 6) is 0.680. The Morgan fingerprint density at radius 3 is 2.45 bits per heavy atom. The zero-order valence-corrected chi connectivity index (χ0v) is 17.1. The topological polar surface area (TPSA) is 52.6 Å². The standard InChI is InChI=1S/C25H32N2O2/c28-25(29)22-10-8-19(9-11-22)5-4-14-27-15-12-20(13-16-27)18-26-24-17-23(24)21-6-2-1-3-7-21/h1-3,6-11,20,23-24,26H,4-5,12-18H2,(H,28,29)/t23-,24?/m1/s1. The molecule has 0 bridgehead atoms. The molecule has 0 spiro atoms. The molecule has 0 amide bonds. The van der Waals surface area contributed by atoms with Crippen LogP contribution in [0.3, 0.4) is 0 Å². The fourth-order valence-corrected chi connectivity index (χ4v) is 4.54. The second-order valence-corrected chi connectivity index (χ2v) is 8.66. The van der Waals surface area contributed by atoms with Crippen molar-refractivity contribution in [3.8, 4) is 0 Å². The van der Waals surface area contributed by atoms with Gasteiger partial charge in [-0.3, -0.25) is 0 Å². The number of likely N-dealkylation sites (tertiary alicyclic amines) is 1. The van der Waals surface area contributed by atoms with Gasteiger partial charge in [-0.2, -0.15) is 0 Å². The number of carboxylic acid groups (broad SMARTS) is 1. The molecular formula is C25H32N2O2. The number of nitrogens with one attached hydrogen (secondary N) is 1. The van der Waals surface area contributed by atoms with Crippen molar-refractivity contribution in [1.82, 2.24) is 10.2 Å². The van der Waals surface area contributed by atoms with Gasteiger partial charge in [0.1, 0.15) is 0 Å². The van der Waals surface area contributed by atoms with E-state index in [4.69, 9.17) is 5.11 Å². The van der Waals surface area contributed by atoms with Gasteiger partial charge in [-0.25, -0.2) is 4.79 Å². The van der Waals surface area contributed by atoms with E-state index in [-0.39, 0.29) is 0 Å². The zero-order chi connectivity index (χ0) is 20.1. The minimum Gasteiger partial charge on any atom is -0.478 e. The van der Waals surface area contributed by atoms with Gasteiger partial charge in [0, 0.05) is 12.0 Å². The molecule has 4 heteroatoms. The molecule has 1 aliphatic heterocycles. The van der Waals surface area contributed by atoms with Crippen LogP contribution in [0.15, 0.2) is 54.6 Å². The summed E-state index contributed by atoms with van der Waals surface area (Å²) in [4.78, 5) is 13.5. The summed E-state index contributed by atoms with van der Waals surface area (Å²) in [6.07, 6.45) is 6.03. The molecule has 1 saturated carbocycles. The minimum absolute atomic E-state index is 0.366. The number of carbonyl (C=O) groups is 1. The first-order valence-electron chi connectivity index (χ1n) is 11.0. The maximum atomic E-state index is 10.9. The zero-order valence-electron chi connectivity index (χ0n) is 17.1. The summed E-state index contributed by atoms with van der Waals surface area (Å²) in [6.45, 7) is 4.71. The minimum atomic E-state index is -0.855. The van der Waals surface area contributed by atoms with Crippen molar-refractivity contribution in [3.05, 3.63) is 71.3 Å². The van der Waals surface area contributed by atoms with Crippen LogP contribution in [0.25, 0.3) is 0 Å². The first-order chi connectivity index (χ1) is 14.2. The lowest BCUT2D eigenvalue weighted by Crippen LogP contribution is -2.38. The van der Waals surface area contributed by atoms with E-state index in [1.54, 1.807) is 12.1 Å². The number of rotatable bonds is 9. The van der Waals surface area contributed by atoms with E-state index in [0.29, 0.717) is 11.6 Å². The molecule has 0 aromatic heterocycles. The molecule has 1 unspecified atom stereocenters. The summed E-state index contributed by atoms with van der Waals surface area (Å²) in [5.41, 5.74) is 3.08. The normalized spacial score (nSPS) is 22.5. The van der Waals surface area contributed by atoms with Crippen LogP contribution < -0.4 is 5.32 Å².